The minimum absolute atomic E-state index is 0.0458. The van der Waals surface area contributed by atoms with Gasteiger partial charge >= 0.3 is 0 Å². The van der Waals surface area contributed by atoms with Crippen molar-refractivity contribution in [2.75, 3.05) is 24.4 Å². The lowest BCUT2D eigenvalue weighted by molar-refractivity contribution is -0.121. The van der Waals surface area contributed by atoms with Crippen molar-refractivity contribution in [3.63, 3.8) is 0 Å². The Balaban J connectivity index is 1.99. The summed E-state index contributed by atoms with van der Waals surface area (Å²) >= 11 is 1.48. The third-order valence-electron chi connectivity index (χ3n) is 3.36. The van der Waals surface area contributed by atoms with E-state index in [-0.39, 0.29) is 36.8 Å². The molecule has 138 valence electrons. The van der Waals surface area contributed by atoms with Crippen LogP contribution in [0.5, 0.6) is 0 Å². The molecule has 3 amide bonds. The van der Waals surface area contributed by atoms with Gasteiger partial charge in [-0.25, -0.2) is 0 Å². The van der Waals surface area contributed by atoms with E-state index in [1.165, 1.54) is 25.4 Å². The van der Waals surface area contributed by atoms with Crippen LogP contribution in [0.2, 0.25) is 0 Å². The van der Waals surface area contributed by atoms with Crippen LogP contribution in [0.4, 0.5) is 11.4 Å². The molecular weight excluding hydrogens is 354 g/mol. The van der Waals surface area contributed by atoms with E-state index >= 15 is 0 Å². The minimum Gasteiger partial charge on any atom is -0.375 e. The van der Waals surface area contributed by atoms with Crippen LogP contribution in [0, 0.1) is 0 Å². The molecule has 0 radical (unpaired) electrons. The van der Waals surface area contributed by atoms with Crippen LogP contribution in [-0.2, 0) is 19.1 Å². The van der Waals surface area contributed by atoms with E-state index in [0.717, 1.165) is 4.88 Å². The third kappa shape index (κ3) is 6.30. The van der Waals surface area contributed by atoms with Crippen LogP contribution < -0.4 is 16.0 Å². The number of anilines is 2. The second-order valence-corrected chi connectivity index (χ2v) is 6.56. The van der Waals surface area contributed by atoms with Gasteiger partial charge in [-0.2, -0.15) is 0 Å². The van der Waals surface area contributed by atoms with Gasteiger partial charge in [-0.1, -0.05) is 12.1 Å². The Morgan fingerprint density at radius 3 is 2.35 bits per heavy atom. The molecule has 2 rings (SSSR count). The number of hydrogen-bond acceptors (Lipinski definition) is 5. The molecule has 0 saturated heterocycles. The van der Waals surface area contributed by atoms with E-state index in [1.54, 1.807) is 24.3 Å². The summed E-state index contributed by atoms with van der Waals surface area (Å²) in [5.41, 5.74) is 1.11. The van der Waals surface area contributed by atoms with Gasteiger partial charge in [0.15, 0.2) is 0 Å². The molecule has 0 saturated carbocycles. The summed E-state index contributed by atoms with van der Waals surface area (Å²) in [5, 5.41) is 10.1. The van der Waals surface area contributed by atoms with Gasteiger partial charge in [-0.05, 0) is 29.6 Å². The summed E-state index contributed by atoms with van der Waals surface area (Å²) < 4.78 is 4.77. The molecule has 3 N–H and O–H groups in total. The van der Waals surface area contributed by atoms with Crippen molar-refractivity contribution < 1.29 is 19.1 Å². The second-order valence-electron chi connectivity index (χ2n) is 5.58. The summed E-state index contributed by atoms with van der Waals surface area (Å²) in [6.07, 6.45) is 0.111. The number of thiophene rings is 1. The first kappa shape index (κ1) is 19.6. The monoisotopic (exact) mass is 375 g/mol. The summed E-state index contributed by atoms with van der Waals surface area (Å²) in [4.78, 5) is 36.2. The number of ether oxygens (including phenoxy) is 1. The zero-order valence-electron chi connectivity index (χ0n) is 14.6. The van der Waals surface area contributed by atoms with Crippen LogP contribution in [0.25, 0.3) is 0 Å². The minimum atomic E-state index is -0.378. The molecule has 1 unspecified atom stereocenters. The molecule has 1 heterocycles. The Hall–Kier alpha value is -2.71. The van der Waals surface area contributed by atoms with Gasteiger partial charge in [0.05, 0.1) is 12.5 Å². The first-order chi connectivity index (χ1) is 12.5. The number of benzene rings is 1. The molecule has 0 aliphatic rings. The predicted octanol–water partition coefficient (Wildman–Crippen LogP) is 2.54. The van der Waals surface area contributed by atoms with Gasteiger partial charge in [0.25, 0.3) is 0 Å². The quantitative estimate of drug-likeness (QED) is 0.661. The highest BCUT2D eigenvalue weighted by molar-refractivity contribution is 7.10. The first-order valence-electron chi connectivity index (χ1n) is 7.97. The number of carbonyl (C=O) groups excluding carboxylic acids is 3. The van der Waals surface area contributed by atoms with Crippen molar-refractivity contribution >= 4 is 40.4 Å². The highest BCUT2D eigenvalue weighted by Crippen LogP contribution is 2.23. The smallest absolute Gasteiger partial charge is 0.250 e. The standard InChI is InChI=1S/C18H21N3O4S/c1-12(22)19-15(16-7-4-8-26-16)10-17(23)20-13-5-3-6-14(9-13)21-18(24)11-25-2/h3-9,15H,10-11H2,1-2H3,(H,19,22)(H,20,23)(H,21,24). The Morgan fingerprint density at radius 1 is 1.08 bits per heavy atom. The fraction of sp³-hybridized carbons (Fsp3) is 0.278. The van der Waals surface area contributed by atoms with Crippen molar-refractivity contribution in [3.8, 4) is 0 Å². The molecule has 0 aliphatic heterocycles. The molecule has 2 aromatic rings. The summed E-state index contributed by atoms with van der Waals surface area (Å²) in [5.74, 6) is -0.712. The third-order valence-corrected chi connectivity index (χ3v) is 4.35. The molecule has 8 heteroatoms. The zero-order valence-corrected chi connectivity index (χ0v) is 15.4. The van der Waals surface area contributed by atoms with E-state index in [2.05, 4.69) is 16.0 Å². The van der Waals surface area contributed by atoms with E-state index in [4.69, 9.17) is 4.74 Å². The Bertz CT molecular complexity index is 762. The van der Waals surface area contributed by atoms with Gasteiger partial charge in [-0.3, -0.25) is 14.4 Å². The second kappa shape index (κ2) is 9.69. The van der Waals surface area contributed by atoms with Crippen LogP contribution in [0.15, 0.2) is 41.8 Å². The topological polar surface area (TPSA) is 96.5 Å². The highest BCUT2D eigenvalue weighted by Gasteiger charge is 2.18. The van der Waals surface area contributed by atoms with E-state index < -0.39 is 0 Å². The largest absolute Gasteiger partial charge is 0.375 e. The SMILES string of the molecule is COCC(=O)Nc1cccc(NC(=O)CC(NC(C)=O)c2cccs2)c1. The Labute approximate surface area is 155 Å². The van der Waals surface area contributed by atoms with Crippen LogP contribution in [0.1, 0.15) is 24.3 Å². The number of nitrogens with one attached hydrogen (secondary N) is 3. The molecule has 0 fully saturated rings. The maximum absolute atomic E-state index is 12.4. The zero-order chi connectivity index (χ0) is 18.9. The molecule has 1 atom stereocenters. The molecule has 7 nitrogen and oxygen atoms in total. The van der Waals surface area contributed by atoms with Gasteiger partial charge in [0.2, 0.25) is 17.7 Å². The molecule has 1 aromatic carbocycles. The van der Waals surface area contributed by atoms with Gasteiger partial charge in [0, 0.05) is 30.3 Å². The van der Waals surface area contributed by atoms with Crippen molar-refractivity contribution in [1.29, 1.82) is 0 Å². The van der Waals surface area contributed by atoms with Crippen LogP contribution in [0.3, 0.4) is 0 Å². The Morgan fingerprint density at radius 2 is 1.77 bits per heavy atom. The number of carbonyl (C=O) groups is 3. The van der Waals surface area contributed by atoms with Gasteiger partial charge < -0.3 is 20.7 Å². The van der Waals surface area contributed by atoms with Crippen molar-refractivity contribution in [2.24, 2.45) is 0 Å². The maximum Gasteiger partial charge on any atom is 0.250 e. The Kier molecular flexibility index (Phi) is 7.31. The van der Waals surface area contributed by atoms with Crippen molar-refractivity contribution in [2.45, 2.75) is 19.4 Å². The van der Waals surface area contributed by atoms with E-state index in [1.807, 2.05) is 17.5 Å². The number of hydrogen-bond donors (Lipinski definition) is 3. The van der Waals surface area contributed by atoms with Gasteiger partial charge in [0.1, 0.15) is 6.61 Å². The fourth-order valence-corrected chi connectivity index (χ4v) is 3.14. The number of rotatable bonds is 8. The molecule has 0 bridgehead atoms. The number of amides is 3. The molecule has 26 heavy (non-hydrogen) atoms. The first-order valence-corrected chi connectivity index (χ1v) is 8.85. The molecular formula is C18H21N3O4S. The van der Waals surface area contributed by atoms with Crippen molar-refractivity contribution in [3.05, 3.63) is 46.7 Å². The summed E-state index contributed by atoms with van der Waals surface area (Å²) in [6, 6.07) is 10.2. The molecule has 1 aromatic heterocycles. The lowest BCUT2D eigenvalue weighted by Crippen LogP contribution is -2.29. The molecule has 0 spiro atoms. The van der Waals surface area contributed by atoms with E-state index in [9.17, 15) is 14.4 Å². The van der Waals surface area contributed by atoms with Crippen molar-refractivity contribution in [1.82, 2.24) is 5.32 Å². The van der Waals surface area contributed by atoms with Crippen LogP contribution >= 0.6 is 11.3 Å². The van der Waals surface area contributed by atoms with Crippen LogP contribution in [-0.4, -0.2) is 31.4 Å². The van der Waals surface area contributed by atoms with E-state index in [0.29, 0.717) is 11.4 Å². The average molecular weight is 375 g/mol. The maximum atomic E-state index is 12.4. The normalized spacial score (nSPS) is 11.5. The lowest BCUT2D eigenvalue weighted by Gasteiger charge is -2.16. The van der Waals surface area contributed by atoms with Gasteiger partial charge in [-0.15, -0.1) is 11.3 Å². The summed E-state index contributed by atoms with van der Waals surface area (Å²) in [6.45, 7) is 1.38. The molecule has 0 aliphatic carbocycles. The lowest BCUT2D eigenvalue weighted by atomic mass is 10.1. The summed E-state index contributed by atoms with van der Waals surface area (Å²) in [7, 11) is 1.44. The highest BCUT2D eigenvalue weighted by atomic mass is 32.1. The average Bonchev–Trinajstić information content (AvgIpc) is 3.08. The fourth-order valence-electron chi connectivity index (χ4n) is 2.36. The predicted molar refractivity (Wildman–Crippen MR) is 101 cm³/mol. The number of methoxy groups -OCH3 is 1.